The van der Waals surface area contributed by atoms with Gasteiger partial charge in [0.15, 0.2) is 0 Å². The topological polar surface area (TPSA) is 52.5 Å². The molecule has 2 aromatic carbocycles. The molecule has 3 heteroatoms. The molecule has 0 bridgehead atoms. The van der Waals surface area contributed by atoms with Gasteiger partial charge in [-0.1, -0.05) is 36.4 Å². The molecule has 0 radical (unpaired) electrons. The van der Waals surface area contributed by atoms with E-state index in [9.17, 15) is 5.26 Å². The maximum Gasteiger partial charge on any atom is 0.138 e. The number of benzene rings is 2. The maximum atomic E-state index is 9.29. The Morgan fingerprint density at radius 3 is 2.60 bits per heavy atom. The first-order chi connectivity index (χ1) is 9.81. The number of nitrogens with zero attached hydrogens (tertiary/aromatic N) is 2. The second-order valence-corrected chi connectivity index (χ2v) is 5.38. The Morgan fingerprint density at radius 1 is 1.10 bits per heavy atom. The van der Waals surface area contributed by atoms with Gasteiger partial charge in [-0.15, -0.1) is 0 Å². The van der Waals surface area contributed by atoms with Crippen molar-refractivity contribution in [3.63, 3.8) is 0 Å². The molecule has 96 valence electrons. The van der Waals surface area contributed by atoms with Gasteiger partial charge in [0, 0.05) is 5.56 Å². The van der Waals surface area contributed by atoms with E-state index in [0.29, 0.717) is 0 Å². The third-order valence-corrected chi connectivity index (χ3v) is 4.05. The van der Waals surface area contributed by atoms with Crippen molar-refractivity contribution in [3.8, 4) is 17.5 Å². The van der Waals surface area contributed by atoms with Crippen LogP contribution in [0.1, 0.15) is 18.4 Å². The SMILES string of the molecule is N#CC1(c2ccc3nc(-c4ccccc4)[nH]c3c2)CC1. The molecule has 1 heterocycles. The lowest BCUT2D eigenvalue weighted by molar-refractivity contribution is 0.910. The Labute approximate surface area is 116 Å². The number of imidazole rings is 1. The van der Waals surface area contributed by atoms with Gasteiger partial charge in [-0.05, 0) is 30.5 Å². The molecule has 0 amide bonds. The number of fused-ring (bicyclic) bond motifs is 1. The van der Waals surface area contributed by atoms with Crippen LogP contribution >= 0.6 is 0 Å². The third-order valence-electron chi connectivity index (χ3n) is 4.05. The van der Waals surface area contributed by atoms with E-state index >= 15 is 0 Å². The van der Waals surface area contributed by atoms with E-state index in [4.69, 9.17) is 0 Å². The summed E-state index contributed by atoms with van der Waals surface area (Å²) < 4.78 is 0. The van der Waals surface area contributed by atoms with Gasteiger partial charge in [0.1, 0.15) is 5.82 Å². The highest BCUT2D eigenvalue weighted by Crippen LogP contribution is 2.47. The van der Waals surface area contributed by atoms with E-state index < -0.39 is 0 Å². The summed E-state index contributed by atoms with van der Waals surface area (Å²) >= 11 is 0. The fourth-order valence-corrected chi connectivity index (χ4v) is 2.63. The van der Waals surface area contributed by atoms with Crippen molar-refractivity contribution in [1.82, 2.24) is 9.97 Å². The number of nitrogens with one attached hydrogen (secondary N) is 1. The molecule has 0 aliphatic heterocycles. The third kappa shape index (κ3) is 1.62. The molecule has 1 N–H and O–H groups in total. The monoisotopic (exact) mass is 259 g/mol. The molecule has 0 spiro atoms. The average Bonchev–Trinajstić information content (AvgIpc) is 3.20. The lowest BCUT2D eigenvalue weighted by Gasteiger charge is -2.04. The van der Waals surface area contributed by atoms with Crippen LogP contribution in [0.15, 0.2) is 48.5 Å². The van der Waals surface area contributed by atoms with Crippen LogP contribution in [-0.4, -0.2) is 9.97 Å². The summed E-state index contributed by atoms with van der Waals surface area (Å²) in [6, 6.07) is 18.6. The van der Waals surface area contributed by atoms with Crippen molar-refractivity contribution in [2.24, 2.45) is 0 Å². The van der Waals surface area contributed by atoms with Gasteiger partial charge in [0.2, 0.25) is 0 Å². The molecule has 0 atom stereocenters. The molecule has 1 saturated carbocycles. The zero-order valence-corrected chi connectivity index (χ0v) is 10.9. The number of nitriles is 1. The highest BCUT2D eigenvalue weighted by atomic mass is 14.9. The lowest BCUT2D eigenvalue weighted by Crippen LogP contribution is -2.01. The predicted octanol–water partition coefficient (Wildman–Crippen LogP) is 3.79. The first-order valence-corrected chi connectivity index (χ1v) is 6.78. The van der Waals surface area contributed by atoms with E-state index in [0.717, 1.165) is 40.8 Å². The maximum absolute atomic E-state index is 9.29. The summed E-state index contributed by atoms with van der Waals surface area (Å²) in [6.07, 6.45) is 1.93. The standard InChI is InChI=1S/C17H13N3/c18-11-17(8-9-17)13-6-7-14-15(10-13)20-16(19-14)12-4-2-1-3-5-12/h1-7,10H,8-9H2,(H,19,20). The minimum absolute atomic E-state index is 0.244. The van der Waals surface area contributed by atoms with E-state index in [2.05, 4.69) is 22.1 Å². The number of hydrogen-bond donors (Lipinski definition) is 1. The summed E-state index contributed by atoms with van der Waals surface area (Å²) in [5.41, 5.74) is 3.89. The molecule has 20 heavy (non-hydrogen) atoms. The van der Waals surface area contributed by atoms with Gasteiger partial charge in [-0.25, -0.2) is 4.98 Å². The Morgan fingerprint density at radius 2 is 1.90 bits per heavy atom. The zero-order chi connectivity index (χ0) is 13.6. The zero-order valence-electron chi connectivity index (χ0n) is 10.9. The molecule has 0 unspecified atom stereocenters. The smallest absolute Gasteiger partial charge is 0.138 e. The summed E-state index contributed by atoms with van der Waals surface area (Å²) in [5.74, 6) is 0.875. The first kappa shape index (κ1) is 11.2. The number of hydrogen-bond acceptors (Lipinski definition) is 2. The van der Waals surface area contributed by atoms with Crippen molar-refractivity contribution >= 4 is 11.0 Å². The average molecular weight is 259 g/mol. The molecular weight excluding hydrogens is 246 g/mol. The quantitative estimate of drug-likeness (QED) is 0.761. The van der Waals surface area contributed by atoms with Gasteiger partial charge in [-0.2, -0.15) is 5.26 Å². The van der Waals surface area contributed by atoms with Crippen LogP contribution in [0, 0.1) is 11.3 Å². The van der Waals surface area contributed by atoms with Gasteiger partial charge < -0.3 is 4.98 Å². The molecule has 1 fully saturated rings. The van der Waals surface area contributed by atoms with E-state index in [1.807, 2.05) is 42.5 Å². The van der Waals surface area contributed by atoms with Crippen molar-refractivity contribution in [2.45, 2.75) is 18.3 Å². The summed E-state index contributed by atoms with van der Waals surface area (Å²) in [5, 5.41) is 9.29. The fourth-order valence-electron chi connectivity index (χ4n) is 2.63. The van der Waals surface area contributed by atoms with E-state index in [1.165, 1.54) is 0 Å². The highest BCUT2D eigenvalue weighted by molar-refractivity contribution is 5.80. The van der Waals surface area contributed by atoms with Crippen LogP contribution < -0.4 is 0 Å². The predicted molar refractivity (Wildman–Crippen MR) is 78.1 cm³/mol. The minimum atomic E-state index is -0.244. The van der Waals surface area contributed by atoms with Crippen LogP contribution in [0.25, 0.3) is 22.4 Å². The lowest BCUT2D eigenvalue weighted by atomic mass is 9.97. The van der Waals surface area contributed by atoms with Gasteiger partial charge in [0.05, 0.1) is 22.5 Å². The number of rotatable bonds is 2. The largest absolute Gasteiger partial charge is 0.338 e. The number of aromatic amines is 1. The van der Waals surface area contributed by atoms with Crippen LogP contribution in [0.2, 0.25) is 0 Å². The van der Waals surface area contributed by atoms with E-state index in [-0.39, 0.29) is 5.41 Å². The number of H-pyrrole nitrogens is 1. The van der Waals surface area contributed by atoms with Crippen LogP contribution in [0.5, 0.6) is 0 Å². The molecule has 1 aliphatic rings. The molecule has 0 saturated heterocycles. The number of aromatic nitrogens is 2. The molecule has 1 aromatic heterocycles. The first-order valence-electron chi connectivity index (χ1n) is 6.78. The Bertz CT molecular complexity index is 820. The summed E-state index contributed by atoms with van der Waals surface area (Å²) in [4.78, 5) is 7.97. The van der Waals surface area contributed by atoms with Gasteiger partial charge in [-0.3, -0.25) is 0 Å². The van der Waals surface area contributed by atoms with Crippen molar-refractivity contribution in [1.29, 1.82) is 5.26 Å². The fraction of sp³-hybridized carbons (Fsp3) is 0.176. The highest BCUT2D eigenvalue weighted by Gasteiger charge is 2.44. The van der Waals surface area contributed by atoms with Crippen molar-refractivity contribution < 1.29 is 0 Å². The second-order valence-electron chi connectivity index (χ2n) is 5.38. The van der Waals surface area contributed by atoms with Crippen LogP contribution in [0.3, 0.4) is 0 Å². The molecule has 1 aliphatic carbocycles. The van der Waals surface area contributed by atoms with Gasteiger partial charge >= 0.3 is 0 Å². The molecule has 4 rings (SSSR count). The Kier molecular flexibility index (Phi) is 2.22. The summed E-state index contributed by atoms with van der Waals surface area (Å²) in [6.45, 7) is 0. The second kappa shape index (κ2) is 3.94. The van der Waals surface area contributed by atoms with Crippen molar-refractivity contribution in [2.75, 3.05) is 0 Å². The Hall–Kier alpha value is -2.60. The van der Waals surface area contributed by atoms with E-state index in [1.54, 1.807) is 0 Å². The molecular formula is C17H13N3. The van der Waals surface area contributed by atoms with Gasteiger partial charge in [0.25, 0.3) is 0 Å². The minimum Gasteiger partial charge on any atom is -0.338 e. The molecule has 3 nitrogen and oxygen atoms in total. The van der Waals surface area contributed by atoms with Crippen molar-refractivity contribution in [3.05, 3.63) is 54.1 Å². The Balaban J connectivity index is 1.83. The normalized spacial score (nSPS) is 15.9. The molecule has 3 aromatic rings. The summed E-state index contributed by atoms with van der Waals surface area (Å²) in [7, 11) is 0. The van der Waals surface area contributed by atoms with Crippen LogP contribution in [0.4, 0.5) is 0 Å². The van der Waals surface area contributed by atoms with Crippen LogP contribution in [-0.2, 0) is 5.41 Å².